The first-order chi connectivity index (χ1) is 13.7. The third-order valence-corrected chi connectivity index (χ3v) is 5.43. The van der Waals surface area contributed by atoms with E-state index in [1.807, 2.05) is 55.1 Å². The zero-order valence-electron chi connectivity index (χ0n) is 15.5. The molecule has 0 amide bonds. The van der Waals surface area contributed by atoms with Gasteiger partial charge in [0.1, 0.15) is 0 Å². The molecule has 1 aliphatic heterocycles. The van der Waals surface area contributed by atoms with Crippen molar-refractivity contribution in [1.29, 1.82) is 0 Å². The quantitative estimate of drug-likeness (QED) is 0.654. The van der Waals surface area contributed by atoms with Gasteiger partial charge in [-0.15, -0.1) is 0 Å². The van der Waals surface area contributed by atoms with Crippen molar-refractivity contribution in [1.82, 2.24) is 9.88 Å². The van der Waals surface area contributed by atoms with E-state index in [9.17, 15) is 4.79 Å². The van der Waals surface area contributed by atoms with E-state index in [2.05, 4.69) is 33.0 Å². The molecule has 0 saturated carbocycles. The van der Waals surface area contributed by atoms with Gasteiger partial charge < -0.3 is 4.90 Å². The summed E-state index contributed by atoms with van der Waals surface area (Å²) in [6.45, 7) is 4.76. The van der Waals surface area contributed by atoms with Crippen molar-refractivity contribution in [3.05, 3.63) is 83.1 Å². The third-order valence-electron chi connectivity index (χ3n) is 5.18. The van der Waals surface area contributed by atoms with Crippen LogP contribution < -0.4 is 4.90 Å². The zero-order valence-corrected chi connectivity index (χ0v) is 16.3. The summed E-state index contributed by atoms with van der Waals surface area (Å²) in [6, 6.07) is 17.7. The molecule has 0 N–H and O–H groups in total. The summed E-state index contributed by atoms with van der Waals surface area (Å²) >= 11 is 6.03. The SMILES string of the molecule is O=[C]c1ccc(N2CCN(Cc3cnccc3-c3ccc(Cl)cc3)CC2)cc1. The highest BCUT2D eigenvalue weighted by Gasteiger charge is 2.18. The van der Waals surface area contributed by atoms with Crippen LogP contribution in [0.1, 0.15) is 11.1 Å². The van der Waals surface area contributed by atoms with Gasteiger partial charge in [0.2, 0.25) is 6.29 Å². The second kappa shape index (κ2) is 8.55. The molecule has 1 aliphatic rings. The minimum Gasteiger partial charge on any atom is -0.369 e. The first-order valence-electron chi connectivity index (χ1n) is 9.37. The van der Waals surface area contributed by atoms with Crippen molar-refractivity contribution >= 4 is 23.6 Å². The number of halogens is 1. The molecule has 141 valence electrons. The number of hydrogen-bond donors (Lipinski definition) is 0. The van der Waals surface area contributed by atoms with Crippen LogP contribution in [-0.2, 0) is 11.3 Å². The molecule has 0 spiro atoms. The highest BCUT2D eigenvalue weighted by molar-refractivity contribution is 6.30. The van der Waals surface area contributed by atoms with Crippen molar-refractivity contribution in [2.75, 3.05) is 31.1 Å². The number of hydrogen-bond acceptors (Lipinski definition) is 4. The van der Waals surface area contributed by atoms with Crippen molar-refractivity contribution in [3.63, 3.8) is 0 Å². The van der Waals surface area contributed by atoms with Gasteiger partial charge in [-0.2, -0.15) is 0 Å². The van der Waals surface area contributed by atoms with Crippen LogP contribution in [0, 0.1) is 0 Å². The minimum atomic E-state index is 0.591. The fourth-order valence-corrected chi connectivity index (χ4v) is 3.74. The molecule has 0 bridgehead atoms. The van der Waals surface area contributed by atoms with Crippen LogP contribution in [0.15, 0.2) is 67.0 Å². The molecule has 2 heterocycles. The second-order valence-electron chi connectivity index (χ2n) is 6.95. The van der Waals surface area contributed by atoms with Crippen LogP contribution in [0.4, 0.5) is 5.69 Å². The Bertz CT molecular complexity index is 933. The Balaban J connectivity index is 1.42. The molecule has 4 nitrogen and oxygen atoms in total. The fourth-order valence-electron chi connectivity index (χ4n) is 3.61. The number of aromatic nitrogens is 1. The molecular weight excluding hydrogens is 370 g/mol. The lowest BCUT2D eigenvalue weighted by molar-refractivity contribution is 0.250. The van der Waals surface area contributed by atoms with Crippen LogP contribution >= 0.6 is 11.6 Å². The summed E-state index contributed by atoms with van der Waals surface area (Å²) in [7, 11) is 0. The molecule has 0 aliphatic carbocycles. The molecule has 5 heteroatoms. The summed E-state index contributed by atoms with van der Waals surface area (Å²) in [5.41, 5.74) is 5.34. The number of rotatable bonds is 5. The van der Waals surface area contributed by atoms with Gasteiger partial charge in [-0.25, -0.2) is 0 Å². The molecule has 1 saturated heterocycles. The van der Waals surface area contributed by atoms with Gasteiger partial charge in [0.25, 0.3) is 0 Å². The Kier molecular flexibility index (Phi) is 5.70. The number of piperazine rings is 1. The summed E-state index contributed by atoms with van der Waals surface area (Å²) in [5, 5.41) is 0.745. The maximum absolute atomic E-state index is 10.7. The molecule has 4 rings (SSSR count). The van der Waals surface area contributed by atoms with Crippen LogP contribution in [0.2, 0.25) is 5.02 Å². The van der Waals surface area contributed by atoms with Gasteiger partial charge in [0.05, 0.1) is 0 Å². The average molecular weight is 391 g/mol. The van der Waals surface area contributed by atoms with E-state index in [1.54, 1.807) is 0 Å². The monoisotopic (exact) mass is 390 g/mol. The predicted octanol–water partition coefficient (Wildman–Crippen LogP) is 4.18. The van der Waals surface area contributed by atoms with Crippen LogP contribution in [-0.4, -0.2) is 42.3 Å². The van der Waals surface area contributed by atoms with Gasteiger partial charge in [0, 0.05) is 61.4 Å². The van der Waals surface area contributed by atoms with Crippen molar-refractivity contribution in [2.45, 2.75) is 6.54 Å². The predicted molar refractivity (Wildman–Crippen MR) is 113 cm³/mol. The molecular formula is C23H21ClN3O. The minimum absolute atomic E-state index is 0.591. The van der Waals surface area contributed by atoms with Crippen LogP contribution in [0.5, 0.6) is 0 Å². The van der Waals surface area contributed by atoms with Crippen molar-refractivity contribution < 1.29 is 4.79 Å². The molecule has 1 radical (unpaired) electrons. The van der Waals surface area contributed by atoms with Crippen LogP contribution in [0.3, 0.4) is 0 Å². The lowest BCUT2D eigenvalue weighted by atomic mass is 10.0. The van der Waals surface area contributed by atoms with Crippen LogP contribution in [0.25, 0.3) is 11.1 Å². The van der Waals surface area contributed by atoms with E-state index < -0.39 is 0 Å². The van der Waals surface area contributed by atoms with Gasteiger partial charge in [0.15, 0.2) is 0 Å². The molecule has 1 aromatic heterocycles. The van der Waals surface area contributed by atoms with Gasteiger partial charge >= 0.3 is 0 Å². The summed E-state index contributed by atoms with van der Waals surface area (Å²) in [4.78, 5) is 19.9. The van der Waals surface area contributed by atoms with Gasteiger partial charge in [-0.1, -0.05) is 23.7 Å². The Morgan fingerprint density at radius 3 is 2.32 bits per heavy atom. The van der Waals surface area contributed by atoms with E-state index in [4.69, 9.17) is 11.6 Å². The molecule has 28 heavy (non-hydrogen) atoms. The van der Waals surface area contributed by atoms with E-state index in [0.29, 0.717) is 5.56 Å². The molecule has 0 unspecified atom stereocenters. The summed E-state index contributed by atoms with van der Waals surface area (Å²) < 4.78 is 0. The Hall–Kier alpha value is -2.69. The Morgan fingerprint density at radius 2 is 1.64 bits per heavy atom. The topological polar surface area (TPSA) is 36.4 Å². The van der Waals surface area contributed by atoms with E-state index >= 15 is 0 Å². The molecule has 2 aromatic carbocycles. The normalized spacial score (nSPS) is 14.8. The fraction of sp³-hybridized carbons (Fsp3) is 0.217. The Morgan fingerprint density at radius 1 is 0.929 bits per heavy atom. The average Bonchev–Trinajstić information content (AvgIpc) is 2.75. The second-order valence-corrected chi connectivity index (χ2v) is 7.39. The summed E-state index contributed by atoms with van der Waals surface area (Å²) in [6.07, 6.45) is 5.73. The van der Waals surface area contributed by atoms with E-state index in [1.165, 1.54) is 11.1 Å². The lowest BCUT2D eigenvalue weighted by Gasteiger charge is -2.36. The maximum Gasteiger partial charge on any atom is 0.233 e. The first-order valence-corrected chi connectivity index (χ1v) is 9.75. The van der Waals surface area contributed by atoms with Crippen molar-refractivity contribution in [2.24, 2.45) is 0 Å². The maximum atomic E-state index is 10.7. The zero-order chi connectivity index (χ0) is 19.3. The molecule has 1 fully saturated rings. The van der Waals surface area contributed by atoms with Gasteiger partial charge in [-0.05, 0) is 59.2 Å². The van der Waals surface area contributed by atoms with E-state index in [0.717, 1.165) is 49.0 Å². The lowest BCUT2D eigenvalue weighted by Crippen LogP contribution is -2.46. The number of pyridine rings is 1. The number of benzene rings is 2. The van der Waals surface area contributed by atoms with E-state index in [-0.39, 0.29) is 0 Å². The Labute approximate surface area is 170 Å². The highest BCUT2D eigenvalue weighted by Crippen LogP contribution is 2.26. The molecule has 3 aromatic rings. The van der Waals surface area contributed by atoms with Gasteiger partial charge in [-0.3, -0.25) is 14.7 Å². The summed E-state index contributed by atoms with van der Waals surface area (Å²) in [5.74, 6) is 0. The number of carbonyl (C=O) groups excluding carboxylic acids is 1. The first kappa shape index (κ1) is 18.7. The smallest absolute Gasteiger partial charge is 0.233 e. The number of anilines is 1. The highest BCUT2D eigenvalue weighted by atomic mass is 35.5. The standard InChI is InChI=1S/C23H21ClN3O/c24-21-5-3-19(4-6-21)23-9-10-25-15-20(23)16-26-11-13-27(14-12-26)22-7-1-18(17-28)2-8-22/h1-10,15H,11-14,16H2. The van der Waals surface area contributed by atoms with Crippen molar-refractivity contribution in [3.8, 4) is 11.1 Å². The molecule has 0 atom stereocenters. The largest absolute Gasteiger partial charge is 0.369 e. The third kappa shape index (κ3) is 4.24. The number of nitrogens with zero attached hydrogens (tertiary/aromatic N) is 3.